The molecule has 1 N–H and O–H groups in total. The van der Waals surface area contributed by atoms with Crippen LogP contribution in [0.5, 0.6) is 0 Å². The van der Waals surface area contributed by atoms with Crippen LogP contribution in [-0.4, -0.2) is 129 Å². The Kier molecular flexibility index (Phi) is 7.90. The quantitative estimate of drug-likeness (QED) is 0.380. The van der Waals surface area contributed by atoms with Crippen LogP contribution in [0.15, 0.2) is 11.8 Å². The number of rotatable bonds is 6. The molecular weight excluding hydrogens is 527 g/mol. The maximum atomic E-state index is 16.0. The molecule has 7 aliphatic rings. The molecule has 10 heteroatoms. The summed E-state index contributed by atoms with van der Waals surface area (Å²) in [4.78, 5) is 33.0. The van der Waals surface area contributed by atoms with E-state index in [9.17, 15) is 9.59 Å². The minimum Gasteiger partial charge on any atom is -0.379 e. The van der Waals surface area contributed by atoms with Crippen LogP contribution in [0.4, 0.5) is 4.39 Å². The molecule has 0 aromatic carbocycles. The summed E-state index contributed by atoms with van der Waals surface area (Å²) in [6.07, 6.45) is 8.26. The van der Waals surface area contributed by atoms with Crippen molar-refractivity contribution in [2.75, 3.05) is 53.5 Å². The van der Waals surface area contributed by atoms with Crippen molar-refractivity contribution in [3.05, 3.63) is 11.8 Å². The van der Waals surface area contributed by atoms with Gasteiger partial charge in [-0.25, -0.2) is 4.39 Å². The molecule has 3 saturated carbocycles. The van der Waals surface area contributed by atoms with Gasteiger partial charge in [-0.05, 0) is 63.5 Å². The molecule has 7 rings (SSSR count). The van der Waals surface area contributed by atoms with E-state index in [4.69, 9.17) is 14.2 Å². The van der Waals surface area contributed by atoms with Crippen LogP contribution < -0.4 is 5.32 Å². The molecule has 0 radical (unpaired) electrons. The zero-order valence-electron chi connectivity index (χ0n) is 24.6. The van der Waals surface area contributed by atoms with Crippen molar-refractivity contribution in [1.82, 2.24) is 20.0 Å². The number of alkyl halides is 1. The summed E-state index contributed by atoms with van der Waals surface area (Å²) in [6, 6.07) is -0.723. The maximum Gasteiger partial charge on any atom is 0.258 e. The minimum atomic E-state index is -1.21. The van der Waals surface area contributed by atoms with Gasteiger partial charge in [-0.1, -0.05) is 12.8 Å². The standard InChI is InChI=1S/C31H47FN4O5/c1-34(2)31(38)21-17-36-23-16-25-19(18-6-3-4-7-24(18)40-25)15-26(23)41-30-27(22(32)14-20(28(30)36)29(21)37)33-8-5-9-35-10-12-39-13-11-35/h17-20,22-28,30,33H,3-16H2,1-2H3. The summed E-state index contributed by atoms with van der Waals surface area (Å²) in [5.41, 5.74) is 0.183. The third-order valence-electron chi connectivity index (χ3n) is 11.2. The molecule has 11 unspecified atom stereocenters. The largest absolute Gasteiger partial charge is 0.379 e. The number of nitrogens with zero attached hydrogens (tertiary/aromatic N) is 3. The molecule has 0 aromatic heterocycles. The fourth-order valence-corrected chi connectivity index (χ4v) is 9.26. The molecule has 4 aliphatic heterocycles. The van der Waals surface area contributed by atoms with Crippen LogP contribution in [0.1, 0.15) is 51.4 Å². The van der Waals surface area contributed by atoms with E-state index in [-0.39, 0.29) is 48.0 Å². The summed E-state index contributed by atoms with van der Waals surface area (Å²) in [5.74, 6) is -0.0682. The van der Waals surface area contributed by atoms with Gasteiger partial charge in [-0.3, -0.25) is 14.5 Å². The minimum absolute atomic E-state index is 0.0244. The van der Waals surface area contributed by atoms with E-state index in [0.717, 1.165) is 58.5 Å². The van der Waals surface area contributed by atoms with E-state index in [2.05, 4.69) is 15.1 Å². The number of ketones is 1. The summed E-state index contributed by atoms with van der Waals surface area (Å²) in [6.45, 7) is 5.09. The number of carbonyl (C=O) groups is 2. The van der Waals surface area contributed by atoms with E-state index in [0.29, 0.717) is 24.5 Å². The molecular formula is C31H47FN4O5. The average Bonchev–Trinajstić information content (AvgIpc) is 3.34. The van der Waals surface area contributed by atoms with E-state index < -0.39 is 24.2 Å². The van der Waals surface area contributed by atoms with Crippen LogP contribution >= 0.6 is 0 Å². The van der Waals surface area contributed by atoms with E-state index in [1.807, 2.05) is 6.20 Å². The second-order valence-corrected chi connectivity index (χ2v) is 13.7. The number of Topliss-reactive ketones (excluding diaryl/α,β-unsaturated/α-hetero) is 1. The monoisotopic (exact) mass is 574 g/mol. The predicted molar refractivity (Wildman–Crippen MR) is 150 cm³/mol. The number of morpholine rings is 2. The number of fused-ring (bicyclic) bond motifs is 5. The summed E-state index contributed by atoms with van der Waals surface area (Å²) in [7, 11) is 3.34. The van der Waals surface area contributed by atoms with Crippen molar-refractivity contribution in [3.63, 3.8) is 0 Å². The lowest BCUT2D eigenvalue weighted by Gasteiger charge is -2.60. The predicted octanol–water partition coefficient (Wildman–Crippen LogP) is 1.75. The van der Waals surface area contributed by atoms with E-state index >= 15 is 4.39 Å². The van der Waals surface area contributed by atoms with Crippen LogP contribution in [0.25, 0.3) is 0 Å². The topological polar surface area (TPSA) is 83.6 Å². The molecule has 9 nitrogen and oxygen atoms in total. The Morgan fingerprint density at radius 1 is 1.05 bits per heavy atom. The number of likely N-dealkylation sites (N-methyl/N-ethyl adjacent to an activating group) is 1. The molecule has 0 spiro atoms. The van der Waals surface area contributed by atoms with Gasteiger partial charge in [-0.15, -0.1) is 0 Å². The summed E-state index contributed by atoms with van der Waals surface area (Å²) < 4.78 is 35.1. The smallest absolute Gasteiger partial charge is 0.258 e. The first-order valence-electron chi connectivity index (χ1n) is 16.1. The first-order valence-corrected chi connectivity index (χ1v) is 16.1. The van der Waals surface area contributed by atoms with Crippen LogP contribution in [0.2, 0.25) is 0 Å². The van der Waals surface area contributed by atoms with Crippen molar-refractivity contribution in [3.8, 4) is 0 Å². The molecule has 3 saturated heterocycles. The van der Waals surface area contributed by atoms with Gasteiger partial charge >= 0.3 is 0 Å². The molecule has 41 heavy (non-hydrogen) atoms. The molecule has 3 aliphatic carbocycles. The Labute approximate surface area is 243 Å². The van der Waals surface area contributed by atoms with E-state index in [1.54, 1.807) is 14.1 Å². The third-order valence-corrected chi connectivity index (χ3v) is 11.2. The van der Waals surface area contributed by atoms with Gasteiger partial charge < -0.3 is 29.3 Å². The van der Waals surface area contributed by atoms with Crippen LogP contribution in [-0.2, 0) is 23.8 Å². The Morgan fingerprint density at radius 2 is 1.85 bits per heavy atom. The van der Waals surface area contributed by atoms with Crippen molar-refractivity contribution >= 4 is 11.7 Å². The molecule has 0 aromatic rings. The lowest BCUT2D eigenvalue weighted by atomic mass is 9.67. The van der Waals surface area contributed by atoms with Gasteiger partial charge in [0.2, 0.25) is 0 Å². The Bertz CT molecular complexity index is 1040. The van der Waals surface area contributed by atoms with Gasteiger partial charge in [0.15, 0.2) is 5.78 Å². The van der Waals surface area contributed by atoms with Gasteiger partial charge in [0.1, 0.15) is 6.17 Å². The normalized spacial score (nSPS) is 43.9. The number of hydrogen-bond acceptors (Lipinski definition) is 8. The molecule has 11 atom stereocenters. The Morgan fingerprint density at radius 3 is 2.66 bits per heavy atom. The van der Waals surface area contributed by atoms with Crippen molar-refractivity contribution in [2.24, 2.45) is 17.8 Å². The second kappa shape index (κ2) is 11.5. The highest BCUT2D eigenvalue weighted by atomic mass is 19.1. The summed E-state index contributed by atoms with van der Waals surface area (Å²) >= 11 is 0. The molecule has 4 heterocycles. The third kappa shape index (κ3) is 5.05. The maximum absolute atomic E-state index is 16.0. The Balaban J connectivity index is 1.14. The fraction of sp³-hybridized carbons (Fsp3) is 0.871. The number of nitrogens with one attached hydrogen (secondary N) is 1. The molecule has 0 bridgehead atoms. The zero-order valence-corrected chi connectivity index (χ0v) is 24.6. The van der Waals surface area contributed by atoms with Gasteiger partial charge in [0, 0.05) is 39.3 Å². The lowest BCUT2D eigenvalue weighted by Crippen LogP contribution is -2.73. The SMILES string of the molecule is CN(C)C(=O)C1=CN2C3CC4OC5CCCCC5C4CC3OC3C(NCCCN4CCOCC4)C(F)CC(C1=O)C32. The van der Waals surface area contributed by atoms with Crippen LogP contribution in [0.3, 0.4) is 0 Å². The number of halogens is 1. The molecule has 1 amide bonds. The van der Waals surface area contributed by atoms with Gasteiger partial charge in [0.05, 0.1) is 61.3 Å². The van der Waals surface area contributed by atoms with Crippen molar-refractivity contribution < 1.29 is 28.2 Å². The highest BCUT2D eigenvalue weighted by molar-refractivity contribution is 6.20. The van der Waals surface area contributed by atoms with E-state index in [1.165, 1.54) is 24.2 Å². The van der Waals surface area contributed by atoms with Crippen molar-refractivity contribution in [2.45, 2.75) is 100 Å². The summed E-state index contributed by atoms with van der Waals surface area (Å²) in [5, 5.41) is 3.54. The number of amides is 1. The number of hydrogen-bond donors (Lipinski definition) is 1. The fourth-order valence-electron chi connectivity index (χ4n) is 9.26. The first kappa shape index (κ1) is 28.2. The van der Waals surface area contributed by atoms with Crippen LogP contribution in [0, 0.1) is 17.8 Å². The first-order chi connectivity index (χ1) is 19.9. The van der Waals surface area contributed by atoms with Crippen molar-refractivity contribution in [1.29, 1.82) is 0 Å². The average molecular weight is 575 g/mol. The number of carbonyl (C=O) groups excluding carboxylic acids is 2. The zero-order chi connectivity index (χ0) is 28.2. The highest BCUT2D eigenvalue weighted by Crippen LogP contribution is 2.52. The second-order valence-electron chi connectivity index (χ2n) is 13.7. The number of ether oxygens (including phenoxy) is 3. The Hall–Kier alpha value is -1.59. The molecule has 228 valence electrons. The van der Waals surface area contributed by atoms with Gasteiger partial charge in [-0.2, -0.15) is 0 Å². The molecule has 6 fully saturated rings. The highest BCUT2D eigenvalue weighted by Gasteiger charge is 2.61. The van der Waals surface area contributed by atoms with Gasteiger partial charge in [0.25, 0.3) is 5.91 Å². The lowest BCUT2D eigenvalue weighted by molar-refractivity contribution is -0.209.